The van der Waals surface area contributed by atoms with Crippen LogP contribution in [-0.4, -0.2) is 182 Å². The maximum atomic E-state index is 11.1. The van der Waals surface area contributed by atoms with Gasteiger partial charge in [-0.05, 0) is 26.7 Å². The van der Waals surface area contributed by atoms with Crippen LogP contribution in [0.4, 0.5) is 0 Å². The van der Waals surface area contributed by atoms with Crippen molar-refractivity contribution in [1.82, 2.24) is 5.32 Å². The first-order valence-corrected chi connectivity index (χ1v) is 16.1. The third-order valence-corrected chi connectivity index (χ3v) is 8.69. The smallest absolute Gasteiger partial charge is 0.303 e. The predicted octanol–water partition coefficient (Wildman–Crippen LogP) is -4.12. The lowest BCUT2D eigenvalue weighted by molar-refractivity contribution is -0.390. The van der Waals surface area contributed by atoms with Gasteiger partial charge in [0.2, 0.25) is 0 Å². The van der Waals surface area contributed by atoms with Gasteiger partial charge in [-0.2, -0.15) is 0 Å². The fraction of sp³-hybridized carbons (Fsp3) is 0.966. The van der Waals surface area contributed by atoms with E-state index in [4.69, 9.17) is 33.5 Å². The molecule has 0 aromatic rings. The molecule has 0 spiro atoms. The molecule has 18 heteroatoms. The fourth-order valence-electron chi connectivity index (χ4n) is 5.75. The number of rotatable bonds is 18. The van der Waals surface area contributed by atoms with Gasteiger partial charge in [-0.1, -0.05) is 19.3 Å². The second-order valence-corrected chi connectivity index (χ2v) is 12.4. The predicted molar refractivity (Wildman–Crippen MR) is 156 cm³/mol. The number of ether oxygens (including phenoxy) is 6. The number of carboxylic acids is 1. The first-order chi connectivity index (χ1) is 22.3. The molecule has 0 aliphatic carbocycles. The van der Waals surface area contributed by atoms with Crippen LogP contribution in [-0.2, 0) is 33.2 Å². The Morgan fingerprint density at radius 1 is 0.702 bits per heavy atom. The SMILES string of the molecule is CC(CCCCCCC(=O)O)NCCO[C@@H]1O[C@H](CO)[C@H](O)[C@H](O[C@H]2O[C@H](CO)[C@H](O)[C@H](O)[C@H]2O)[C@H]1O[C@@H]1O[C@@H](C)[C@@H](O)[C@@H](O)[C@@H]1O. The van der Waals surface area contributed by atoms with Gasteiger partial charge in [0, 0.05) is 19.0 Å². The highest BCUT2D eigenvalue weighted by Crippen LogP contribution is 2.33. The number of hydrogen-bond acceptors (Lipinski definition) is 17. The molecule has 47 heavy (non-hydrogen) atoms. The van der Waals surface area contributed by atoms with Crippen molar-refractivity contribution in [1.29, 1.82) is 0 Å². The number of aliphatic hydroxyl groups is 9. The largest absolute Gasteiger partial charge is 0.481 e. The summed E-state index contributed by atoms with van der Waals surface area (Å²) in [6.45, 7) is 2.29. The van der Waals surface area contributed by atoms with E-state index in [9.17, 15) is 50.8 Å². The lowest BCUT2D eigenvalue weighted by Gasteiger charge is -2.48. The van der Waals surface area contributed by atoms with Crippen molar-refractivity contribution in [3.05, 3.63) is 0 Å². The van der Waals surface area contributed by atoms with Crippen LogP contribution in [0.3, 0.4) is 0 Å². The molecule has 0 radical (unpaired) electrons. The highest BCUT2D eigenvalue weighted by atomic mass is 16.8. The van der Waals surface area contributed by atoms with Crippen LogP contribution in [0.25, 0.3) is 0 Å². The molecular weight excluding hydrogens is 634 g/mol. The second-order valence-electron chi connectivity index (χ2n) is 12.4. The van der Waals surface area contributed by atoms with E-state index in [2.05, 4.69) is 5.32 Å². The minimum Gasteiger partial charge on any atom is -0.481 e. The van der Waals surface area contributed by atoms with Crippen molar-refractivity contribution >= 4 is 5.97 Å². The summed E-state index contributed by atoms with van der Waals surface area (Å²) in [4.78, 5) is 10.6. The summed E-state index contributed by atoms with van der Waals surface area (Å²) in [7, 11) is 0. The molecule has 3 saturated heterocycles. The van der Waals surface area contributed by atoms with E-state index in [0.29, 0.717) is 13.0 Å². The van der Waals surface area contributed by atoms with Gasteiger partial charge in [-0.15, -0.1) is 0 Å². The number of aliphatic carboxylic acids is 1. The molecule has 276 valence electrons. The maximum Gasteiger partial charge on any atom is 0.303 e. The minimum absolute atomic E-state index is 0.0142. The van der Waals surface area contributed by atoms with Crippen LogP contribution >= 0.6 is 0 Å². The molecule has 0 bridgehead atoms. The van der Waals surface area contributed by atoms with E-state index in [-0.39, 0.29) is 19.1 Å². The van der Waals surface area contributed by atoms with Crippen LogP contribution < -0.4 is 5.32 Å². The van der Waals surface area contributed by atoms with Crippen molar-refractivity contribution in [3.8, 4) is 0 Å². The Morgan fingerprint density at radius 3 is 1.89 bits per heavy atom. The third-order valence-electron chi connectivity index (χ3n) is 8.69. The molecule has 18 nitrogen and oxygen atoms in total. The van der Waals surface area contributed by atoms with Crippen LogP contribution in [0, 0.1) is 0 Å². The van der Waals surface area contributed by atoms with Crippen molar-refractivity contribution < 1.29 is 84.3 Å². The fourth-order valence-corrected chi connectivity index (χ4v) is 5.75. The van der Waals surface area contributed by atoms with Gasteiger partial charge in [-0.3, -0.25) is 4.79 Å². The number of carboxylic acid groups (broad SMARTS) is 1. The van der Waals surface area contributed by atoms with E-state index in [1.54, 1.807) is 0 Å². The van der Waals surface area contributed by atoms with Gasteiger partial charge >= 0.3 is 5.97 Å². The molecule has 0 aromatic carbocycles. The van der Waals surface area contributed by atoms with Crippen LogP contribution in [0.15, 0.2) is 0 Å². The summed E-state index contributed by atoms with van der Waals surface area (Å²) in [5.74, 6) is -0.811. The minimum atomic E-state index is -1.85. The molecule has 3 aliphatic rings. The van der Waals surface area contributed by atoms with E-state index < -0.39 is 111 Å². The van der Waals surface area contributed by atoms with E-state index >= 15 is 0 Å². The highest BCUT2D eigenvalue weighted by Gasteiger charge is 2.54. The van der Waals surface area contributed by atoms with Crippen molar-refractivity contribution in [2.75, 3.05) is 26.4 Å². The van der Waals surface area contributed by atoms with Crippen LogP contribution in [0.2, 0.25) is 0 Å². The normalized spacial score (nSPS) is 41.9. The van der Waals surface area contributed by atoms with Gasteiger partial charge in [-0.25, -0.2) is 0 Å². The van der Waals surface area contributed by atoms with Gasteiger partial charge in [0.25, 0.3) is 0 Å². The first-order valence-electron chi connectivity index (χ1n) is 16.1. The molecular formula is C29H53NO17. The average Bonchev–Trinajstić information content (AvgIpc) is 3.04. The standard InChI is InChI=1S/C29H53NO17/c1-13(7-5-3-4-6-8-17(33)34)30-9-10-42-29-26(47-27-23(40)21(38)18(35)14(2)43-27)25(20(37)16(12-32)45-29)46-28-24(41)22(39)19(36)15(11-31)44-28/h13-16,18-32,35-41H,3-12H2,1-2H3,(H,33,34)/t13?,14-,15+,16+,18+,19-,20-,21+,22-,23-,24+,25-,26+,27-,28+,29+/m0/s1. The summed E-state index contributed by atoms with van der Waals surface area (Å²) in [5, 5.41) is 105. The molecule has 3 aliphatic heterocycles. The quantitative estimate of drug-likeness (QED) is 0.0610. The zero-order valence-electron chi connectivity index (χ0n) is 26.6. The Morgan fingerprint density at radius 2 is 1.26 bits per heavy atom. The topological polar surface area (TPSA) is 287 Å². The van der Waals surface area contributed by atoms with Crippen molar-refractivity contribution in [2.45, 2.75) is 151 Å². The molecule has 16 atom stereocenters. The molecule has 3 fully saturated rings. The van der Waals surface area contributed by atoms with E-state index in [0.717, 1.165) is 25.7 Å². The van der Waals surface area contributed by atoms with Crippen molar-refractivity contribution in [2.24, 2.45) is 0 Å². The Bertz CT molecular complexity index is 918. The maximum absolute atomic E-state index is 11.1. The molecule has 3 rings (SSSR count). The van der Waals surface area contributed by atoms with E-state index in [1.165, 1.54) is 6.92 Å². The Balaban J connectivity index is 1.71. The monoisotopic (exact) mass is 687 g/mol. The third kappa shape index (κ3) is 10.9. The first kappa shape index (κ1) is 40.3. The molecule has 0 amide bonds. The Hall–Kier alpha value is -1.17. The number of nitrogens with one attached hydrogen (secondary N) is 1. The lowest BCUT2D eigenvalue weighted by Crippen LogP contribution is -2.67. The summed E-state index contributed by atoms with van der Waals surface area (Å²) in [6.07, 6.45) is -19.2. The highest BCUT2D eigenvalue weighted by molar-refractivity contribution is 5.66. The van der Waals surface area contributed by atoms with Gasteiger partial charge in [0.05, 0.1) is 25.9 Å². The van der Waals surface area contributed by atoms with Crippen molar-refractivity contribution in [3.63, 3.8) is 0 Å². The summed E-state index contributed by atoms with van der Waals surface area (Å²) < 4.78 is 34.6. The lowest BCUT2D eigenvalue weighted by atomic mass is 9.96. The number of carbonyl (C=O) groups is 1. The van der Waals surface area contributed by atoms with Gasteiger partial charge in [0.1, 0.15) is 67.1 Å². The summed E-state index contributed by atoms with van der Waals surface area (Å²) in [6, 6.07) is 0.0897. The number of unbranched alkanes of at least 4 members (excludes halogenated alkanes) is 3. The second kappa shape index (κ2) is 19.3. The molecule has 1 unspecified atom stereocenters. The number of hydrogen-bond donors (Lipinski definition) is 11. The average molecular weight is 688 g/mol. The zero-order chi connectivity index (χ0) is 34.8. The zero-order valence-corrected chi connectivity index (χ0v) is 26.6. The summed E-state index contributed by atoms with van der Waals surface area (Å²) >= 11 is 0. The Labute approximate surface area is 272 Å². The molecule has 3 heterocycles. The van der Waals surface area contributed by atoms with Crippen LogP contribution in [0.5, 0.6) is 0 Å². The number of aliphatic hydroxyl groups excluding tert-OH is 9. The Kier molecular flexibility index (Phi) is 16.5. The molecule has 0 saturated carbocycles. The summed E-state index contributed by atoms with van der Waals surface area (Å²) in [5.41, 5.74) is 0. The molecule has 11 N–H and O–H groups in total. The van der Waals surface area contributed by atoms with E-state index in [1.807, 2.05) is 6.92 Å². The molecule has 0 aromatic heterocycles. The van der Waals surface area contributed by atoms with Gasteiger partial charge < -0.3 is 84.8 Å². The van der Waals surface area contributed by atoms with Crippen LogP contribution in [0.1, 0.15) is 52.4 Å². The van der Waals surface area contributed by atoms with Gasteiger partial charge in [0.15, 0.2) is 18.9 Å².